The van der Waals surface area contributed by atoms with Crippen molar-refractivity contribution in [2.45, 2.75) is 6.42 Å². The molecule has 8 nitrogen and oxygen atoms in total. The zero-order valence-electron chi connectivity index (χ0n) is 13.9. The van der Waals surface area contributed by atoms with Gasteiger partial charge in [-0.25, -0.2) is 0 Å². The summed E-state index contributed by atoms with van der Waals surface area (Å²) in [5, 5.41) is 5.22. The summed E-state index contributed by atoms with van der Waals surface area (Å²) in [5.74, 6) is -1.25. The number of rotatable bonds is 7. The molecule has 1 aromatic carbocycles. The van der Waals surface area contributed by atoms with Gasteiger partial charge >= 0.3 is 0 Å². The highest BCUT2D eigenvalue weighted by Gasteiger charge is 2.34. The van der Waals surface area contributed by atoms with Gasteiger partial charge in [0.25, 0.3) is 17.7 Å². The average molecular weight is 355 g/mol. The Labute approximate surface area is 149 Å². The number of imide groups is 1. The van der Waals surface area contributed by atoms with Crippen molar-refractivity contribution in [3.63, 3.8) is 0 Å². The molecule has 0 spiro atoms. The molecule has 0 fully saturated rings. The van der Waals surface area contributed by atoms with Crippen molar-refractivity contribution in [3.8, 4) is 0 Å². The number of hydrogen-bond acceptors (Lipinski definition) is 5. The molecular formula is C18H17N3O5. The molecule has 0 atom stereocenters. The van der Waals surface area contributed by atoms with Gasteiger partial charge in [-0.3, -0.25) is 24.1 Å². The number of nitrogens with one attached hydrogen (secondary N) is 2. The smallest absolute Gasteiger partial charge is 0.287 e. The summed E-state index contributed by atoms with van der Waals surface area (Å²) in [4.78, 5) is 48.9. The molecule has 8 heteroatoms. The number of amides is 4. The van der Waals surface area contributed by atoms with E-state index in [1.54, 1.807) is 30.3 Å². The number of fused-ring (bicyclic) bond motifs is 1. The van der Waals surface area contributed by atoms with Crippen LogP contribution in [-0.4, -0.2) is 48.2 Å². The van der Waals surface area contributed by atoms with E-state index in [4.69, 9.17) is 4.42 Å². The molecule has 0 saturated carbocycles. The summed E-state index contributed by atoms with van der Waals surface area (Å²) in [6.07, 6.45) is 1.40. The third-order valence-electron chi connectivity index (χ3n) is 3.92. The summed E-state index contributed by atoms with van der Waals surface area (Å²) >= 11 is 0. The monoisotopic (exact) mass is 355 g/mol. The quantitative estimate of drug-likeness (QED) is 0.564. The van der Waals surface area contributed by atoms with Crippen LogP contribution in [0.3, 0.4) is 0 Å². The minimum atomic E-state index is -0.385. The topological polar surface area (TPSA) is 109 Å². The molecule has 134 valence electrons. The van der Waals surface area contributed by atoms with Crippen molar-refractivity contribution >= 4 is 23.6 Å². The van der Waals surface area contributed by atoms with Crippen LogP contribution in [0.15, 0.2) is 47.1 Å². The SMILES string of the molecule is O=C(CCN1C(=O)c2ccccc2C1=O)NCCNC(=O)c1ccco1. The lowest BCUT2D eigenvalue weighted by atomic mass is 10.1. The zero-order valence-corrected chi connectivity index (χ0v) is 13.9. The van der Waals surface area contributed by atoms with Gasteiger partial charge in [-0.05, 0) is 24.3 Å². The largest absolute Gasteiger partial charge is 0.459 e. The van der Waals surface area contributed by atoms with Crippen molar-refractivity contribution < 1.29 is 23.6 Å². The Morgan fingerprint density at radius 2 is 1.58 bits per heavy atom. The van der Waals surface area contributed by atoms with Crippen molar-refractivity contribution in [3.05, 3.63) is 59.5 Å². The van der Waals surface area contributed by atoms with Crippen LogP contribution < -0.4 is 10.6 Å². The molecule has 0 bridgehead atoms. The average Bonchev–Trinajstić information content (AvgIpc) is 3.26. The summed E-state index contributed by atoms with van der Waals surface area (Å²) in [7, 11) is 0. The molecule has 0 unspecified atom stereocenters. The second-order valence-electron chi connectivity index (χ2n) is 5.64. The Morgan fingerprint density at radius 1 is 0.923 bits per heavy atom. The Kier molecular flexibility index (Phi) is 5.12. The van der Waals surface area contributed by atoms with Crippen molar-refractivity contribution in [2.24, 2.45) is 0 Å². The first-order chi connectivity index (χ1) is 12.6. The molecule has 2 aromatic rings. The van der Waals surface area contributed by atoms with Gasteiger partial charge in [0.1, 0.15) is 0 Å². The van der Waals surface area contributed by atoms with E-state index >= 15 is 0 Å². The number of nitrogens with zero attached hydrogens (tertiary/aromatic N) is 1. The maximum Gasteiger partial charge on any atom is 0.287 e. The van der Waals surface area contributed by atoms with Crippen LogP contribution in [0.5, 0.6) is 0 Å². The molecule has 0 radical (unpaired) electrons. The first-order valence-corrected chi connectivity index (χ1v) is 8.11. The van der Waals surface area contributed by atoms with E-state index in [-0.39, 0.29) is 55.4 Å². The molecule has 1 aromatic heterocycles. The molecule has 3 rings (SSSR count). The maximum atomic E-state index is 12.2. The van der Waals surface area contributed by atoms with E-state index < -0.39 is 0 Å². The summed E-state index contributed by atoms with van der Waals surface area (Å²) in [5.41, 5.74) is 0.720. The zero-order chi connectivity index (χ0) is 18.5. The first-order valence-electron chi connectivity index (χ1n) is 8.11. The number of carbonyl (C=O) groups is 4. The van der Waals surface area contributed by atoms with Crippen LogP contribution in [0.1, 0.15) is 37.7 Å². The highest BCUT2D eigenvalue weighted by Crippen LogP contribution is 2.22. The minimum Gasteiger partial charge on any atom is -0.459 e. The van der Waals surface area contributed by atoms with E-state index in [9.17, 15) is 19.2 Å². The lowest BCUT2D eigenvalue weighted by Crippen LogP contribution is -2.37. The predicted octanol–water partition coefficient (Wildman–Crippen LogP) is 0.812. The van der Waals surface area contributed by atoms with Gasteiger partial charge in [0, 0.05) is 26.1 Å². The highest BCUT2D eigenvalue weighted by atomic mass is 16.3. The van der Waals surface area contributed by atoms with Gasteiger partial charge in [-0.15, -0.1) is 0 Å². The maximum absolute atomic E-state index is 12.2. The van der Waals surface area contributed by atoms with E-state index in [1.807, 2.05) is 0 Å². The predicted molar refractivity (Wildman–Crippen MR) is 90.5 cm³/mol. The Morgan fingerprint density at radius 3 is 2.19 bits per heavy atom. The van der Waals surface area contributed by atoms with E-state index in [1.165, 1.54) is 12.3 Å². The van der Waals surface area contributed by atoms with E-state index in [2.05, 4.69) is 10.6 Å². The van der Waals surface area contributed by atoms with Gasteiger partial charge in [-0.1, -0.05) is 12.1 Å². The Bertz CT molecular complexity index is 809. The number of benzene rings is 1. The van der Waals surface area contributed by atoms with E-state index in [0.717, 1.165) is 4.90 Å². The van der Waals surface area contributed by atoms with Gasteiger partial charge < -0.3 is 15.1 Å². The summed E-state index contributed by atoms with van der Waals surface area (Å²) in [6.45, 7) is 0.475. The van der Waals surface area contributed by atoms with Crippen LogP contribution in [0, 0.1) is 0 Å². The fourth-order valence-corrected chi connectivity index (χ4v) is 2.62. The fourth-order valence-electron chi connectivity index (χ4n) is 2.62. The lowest BCUT2D eigenvalue weighted by molar-refractivity contribution is -0.121. The van der Waals surface area contributed by atoms with Gasteiger partial charge in [-0.2, -0.15) is 0 Å². The van der Waals surface area contributed by atoms with Gasteiger partial charge in [0.2, 0.25) is 5.91 Å². The molecule has 2 heterocycles. The summed E-state index contributed by atoms with van der Waals surface area (Å²) < 4.78 is 4.95. The molecule has 1 aliphatic rings. The highest BCUT2D eigenvalue weighted by molar-refractivity contribution is 6.21. The fraction of sp³-hybridized carbons (Fsp3) is 0.222. The third kappa shape index (κ3) is 3.64. The Balaban J connectivity index is 1.39. The lowest BCUT2D eigenvalue weighted by Gasteiger charge is -2.13. The molecule has 4 amide bonds. The summed E-state index contributed by atoms with van der Waals surface area (Å²) in [6, 6.07) is 9.72. The number of carbonyl (C=O) groups excluding carboxylic acids is 4. The molecule has 0 aliphatic carbocycles. The number of hydrogen-bond donors (Lipinski definition) is 2. The molecule has 0 saturated heterocycles. The van der Waals surface area contributed by atoms with Crippen molar-refractivity contribution in [1.29, 1.82) is 0 Å². The number of furan rings is 1. The van der Waals surface area contributed by atoms with E-state index in [0.29, 0.717) is 11.1 Å². The van der Waals surface area contributed by atoms with Crippen molar-refractivity contribution in [1.82, 2.24) is 15.5 Å². The Hall–Kier alpha value is -3.42. The molecular weight excluding hydrogens is 338 g/mol. The van der Waals surface area contributed by atoms with Crippen LogP contribution in [0.25, 0.3) is 0 Å². The van der Waals surface area contributed by atoms with Crippen LogP contribution in [0.4, 0.5) is 0 Å². The third-order valence-corrected chi connectivity index (χ3v) is 3.92. The minimum absolute atomic E-state index is 0.00238. The van der Waals surface area contributed by atoms with Gasteiger partial charge in [0.05, 0.1) is 17.4 Å². The molecule has 26 heavy (non-hydrogen) atoms. The van der Waals surface area contributed by atoms with Crippen molar-refractivity contribution in [2.75, 3.05) is 19.6 Å². The van der Waals surface area contributed by atoms with Crippen LogP contribution >= 0.6 is 0 Å². The standard InChI is InChI=1S/C18H17N3O5/c22-15(19-8-9-20-16(23)14-6-3-11-26-14)7-10-21-17(24)12-4-1-2-5-13(12)18(21)25/h1-6,11H,7-10H2,(H,19,22)(H,20,23). The first kappa shape index (κ1) is 17.4. The normalized spacial score (nSPS) is 12.8. The second-order valence-corrected chi connectivity index (χ2v) is 5.64. The van der Waals surface area contributed by atoms with Crippen LogP contribution in [0.2, 0.25) is 0 Å². The second kappa shape index (κ2) is 7.64. The van der Waals surface area contributed by atoms with Gasteiger partial charge in [0.15, 0.2) is 5.76 Å². The molecule has 1 aliphatic heterocycles. The van der Waals surface area contributed by atoms with Crippen LogP contribution in [-0.2, 0) is 4.79 Å². The molecule has 2 N–H and O–H groups in total.